The minimum atomic E-state index is -1.41. The quantitative estimate of drug-likeness (QED) is 0.587. The second-order valence-electron chi connectivity index (χ2n) is 5.43. The summed E-state index contributed by atoms with van der Waals surface area (Å²) in [6, 6.07) is 1.38. The molecule has 1 fully saturated rings. The number of aromatic amines is 1. The second-order valence-corrected chi connectivity index (χ2v) is 5.43. The Balaban J connectivity index is 1.89. The van der Waals surface area contributed by atoms with Gasteiger partial charge in [0.05, 0.1) is 18.6 Å². The smallest absolute Gasteiger partial charge is 0.255 e. The molecule has 1 amide bonds. The third-order valence-corrected chi connectivity index (χ3v) is 3.73. The van der Waals surface area contributed by atoms with Crippen molar-refractivity contribution in [3.05, 3.63) is 28.4 Å². The monoisotopic (exact) mass is 310 g/mol. The van der Waals surface area contributed by atoms with E-state index in [4.69, 9.17) is 4.74 Å². The number of nitrogens with one attached hydrogen (secondary N) is 2. The first-order valence-corrected chi connectivity index (χ1v) is 7.30. The molecule has 2 heterocycles. The van der Waals surface area contributed by atoms with Gasteiger partial charge in [0.2, 0.25) is 0 Å². The molecule has 1 unspecified atom stereocenters. The van der Waals surface area contributed by atoms with E-state index in [1.165, 1.54) is 12.4 Å². The number of aliphatic hydroxyl groups is 1. The molecule has 122 valence electrons. The number of methoxy groups -OCH3 is 1. The number of likely N-dealkylation sites (tertiary alicyclic amines) is 1. The van der Waals surface area contributed by atoms with Crippen molar-refractivity contribution in [2.24, 2.45) is 0 Å². The average molecular weight is 310 g/mol. The van der Waals surface area contributed by atoms with Crippen molar-refractivity contribution in [3.8, 4) is 0 Å². The van der Waals surface area contributed by atoms with Crippen LogP contribution in [-0.4, -0.2) is 64.8 Å². The Hall–Kier alpha value is -1.77. The SMILES string of the molecule is COCCN1CCCC(O)(CNCc2cc(=O)[nH]cn2)C1=O. The van der Waals surface area contributed by atoms with Crippen molar-refractivity contribution in [3.63, 3.8) is 0 Å². The number of nitrogens with zero attached hydrogens (tertiary/aromatic N) is 2. The van der Waals surface area contributed by atoms with Crippen LogP contribution < -0.4 is 10.9 Å². The maximum Gasteiger partial charge on any atom is 0.255 e. The van der Waals surface area contributed by atoms with Gasteiger partial charge in [0.15, 0.2) is 5.60 Å². The van der Waals surface area contributed by atoms with E-state index in [9.17, 15) is 14.7 Å². The molecule has 1 aromatic heterocycles. The number of ether oxygens (including phenoxy) is 1. The zero-order valence-corrected chi connectivity index (χ0v) is 12.7. The number of aromatic nitrogens is 2. The predicted octanol–water partition coefficient (Wildman–Crippen LogP) is -1.14. The van der Waals surface area contributed by atoms with Crippen molar-refractivity contribution in [1.29, 1.82) is 0 Å². The van der Waals surface area contributed by atoms with Gasteiger partial charge in [-0.1, -0.05) is 0 Å². The zero-order chi connectivity index (χ0) is 16.0. The highest BCUT2D eigenvalue weighted by Crippen LogP contribution is 2.22. The van der Waals surface area contributed by atoms with E-state index in [0.29, 0.717) is 38.4 Å². The Bertz CT molecular complexity index is 562. The number of carbonyl (C=O) groups is 1. The number of rotatable bonds is 7. The van der Waals surface area contributed by atoms with Crippen molar-refractivity contribution in [1.82, 2.24) is 20.2 Å². The van der Waals surface area contributed by atoms with E-state index >= 15 is 0 Å². The number of carbonyl (C=O) groups excluding carboxylic acids is 1. The molecular weight excluding hydrogens is 288 g/mol. The highest BCUT2D eigenvalue weighted by molar-refractivity contribution is 5.86. The molecule has 1 atom stereocenters. The lowest BCUT2D eigenvalue weighted by atomic mass is 9.91. The summed E-state index contributed by atoms with van der Waals surface area (Å²) in [5.41, 5.74) is -1.08. The summed E-state index contributed by atoms with van der Waals surface area (Å²) in [4.78, 5) is 31.6. The Labute approximate surface area is 128 Å². The Morgan fingerprint density at radius 3 is 3.09 bits per heavy atom. The molecule has 1 saturated heterocycles. The minimum absolute atomic E-state index is 0.129. The molecule has 22 heavy (non-hydrogen) atoms. The van der Waals surface area contributed by atoms with Crippen LogP contribution in [0.1, 0.15) is 18.5 Å². The van der Waals surface area contributed by atoms with Crippen molar-refractivity contribution in [2.45, 2.75) is 25.0 Å². The van der Waals surface area contributed by atoms with Crippen molar-refractivity contribution >= 4 is 5.91 Å². The summed E-state index contributed by atoms with van der Waals surface area (Å²) in [5, 5.41) is 13.6. The van der Waals surface area contributed by atoms with Crippen LogP contribution in [0.5, 0.6) is 0 Å². The van der Waals surface area contributed by atoms with Crippen LogP contribution in [0.25, 0.3) is 0 Å². The molecule has 0 aliphatic carbocycles. The summed E-state index contributed by atoms with van der Waals surface area (Å²) >= 11 is 0. The maximum atomic E-state index is 12.4. The van der Waals surface area contributed by atoms with E-state index in [-0.39, 0.29) is 18.0 Å². The van der Waals surface area contributed by atoms with Gasteiger partial charge in [-0.2, -0.15) is 0 Å². The first-order valence-electron chi connectivity index (χ1n) is 7.30. The van der Waals surface area contributed by atoms with Crippen LogP contribution in [0, 0.1) is 0 Å². The maximum absolute atomic E-state index is 12.4. The van der Waals surface area contributed by atoms with Crippen LogP contribution in [0.4, 0.5) is 0 Å². The zero-order valence-electron chi connectivity index (χ0n) is 12.7. The van der Waals surface area contributed by atoms with E-state index in [1.807, 2.05) is 0 Å². The first-order chi connectivity index (χ1) is 10.5. The molecule has 0 spiro atoms. The molecule has 8 nitrogen and oxygen atoms in total. The lowest BCUT2D eigenvalue weighted by molar-refractivity contribution is -0.157. The Kier molecular flexibility index (Phi) is 5.64. The number of hydrogen-bond donors (Lipinski definition) is 3. The van der Waals surface area contributed by atoms with Gasteiger partial charge in [0, 0.05) is 39.4 Å². The lowest BCUT2D eigenvalue weighted by Crippen LogP contribution is -2.58. The molecule has 0 aromatic carbocycles. The second kappa shape index (κ2) is 7.48. The molecule has 0 bridgehead atoms. The van der Waals surface area contributed by atoms with Crippen molar-refractivity contribution < 1.29 is 14.6 Å². The Morgan fingerprint density at radius 1 is 1.55 bits per heavy atom. The summed E-state index contributed by atoms with van der Waals surface area (Å²) in [6.07, 6.45) is 2.49. The predicted molar refractivity (Wildman–Crippen MR) is 79.2 cm³/mol. The van der Waals surface area contributed by atoms with Gasteiger partial charge in [0.25, 0.3) is 11.5 Å². The van der Waals surface area contributed by atoms with E-state index in [2.05, 4.69) is 15.3 Å². The molecule has 0 saturated carbocycles. The van der Waals surface area contributed by atoms with Crippen LogP contribution in [0.15, 0.2) is 17.2 Å². The van der Waals surface area contributed by atoms with Crippen LogP contribution in [0.2, 0.25) is 0 Å². The summed E-state index contributed by atoms with van der Waals surface area (Å²) in [7, 11) is 1.58. The van der Waals surface area contributed by atoms with E-state index < -0.39 is 5.60 Å². The molecule has 2 rings (SSSR count). The molecule has 0 radical (unpaired) electrons. The van der Waals surface area contributed by atoms with Gasteiger partial charge in [-0.15, -0.1) is 0 Å². The normalized spacial score (nSPS) is 22.1. The highest BCUT2D eigenvalue weighted by atomic mass is 16.5. The fourth-order valence-corrected chi connectivity index (χ4v) is 2.55. The third kappa shape index (κ3) is 4.12. The third-order valence-electron chi connectivity index (χ3n) is 3.73. The van der Waals surface area contributed by atoms with Gasteiger partial charge in [0.1, 0.15) is 0 Å². The number of hydrogen-bond acceptors (Lipinski definition) is 6. The van der Waals surface area contributed by atoms with Gasteiger partial charge in [-0.25, -0.2) is 4.98 Å². The molecule has 1 aliphatic rings. The van der Waals surface area contributed by atoms with E-state index in [1.54, 1.807) is 12.0 Å². The molecule has 3 N–H and O–H groups in total. The number of piperidine rings is 1. The van der Waals surface area contributed by atoms with Gasteiger partial charge < -0.3 is 25.0 Å². The summed E-state index contributed by atoms with van der Waals surface area (Å²) in [5.74, 6) is -0.276. The van der Waals surface area contributed by atoms with Gasteiger partial charge in [-0.3, -0.25) is 9.59 Å². The van der Waals surface area contributed by atoms with Gasteiger partial charge >= 0.3 is 0 Å². The minimum Gasteiger partial charge on any atom is -0.383 e. The molecule has 1 aromatic rings. The van der Waals surface area contributed by atoms with Gasteiger partial charge in [-0.05, 0) is 12.8 Å². The summed E-state index contributed by atoms with van der Waals surface area (Å²) < 4.78 is 4.98. The van der Waals surface area contributed by atoms with Crippen molar-refractivity contribution in [2.75, 3.05) is 33.4 Å². The fraction of sp³-hybridized carbons (Fsp3) is 0.643. The fourth-order valence-electron chi connectivity index (χ4n) is 2.55. The topological polar surface area (TPSA) is 108 Å². The number of H-pyrrole nitrogens is 1. The lowest BCUT2D eigenvalue weighted by Gasteiger charge is -2.38. The molecule has 1 aliphatic heterocycles. The van der Waals surface area contributed by atoms with Crippen LogP contribution in [0.3, 0.4) is 0 Å². The van der Waals surface area contributed by atoms with Crippen LogP contribution in [-0.2, 0) is 16.1 Å². The standard InChI is InChI=1S/C14H22N4O4/c1-22-6-5-18-4-2-3-14(21,13(18)20)9-15-8-11-7-12(19)17-10-16-11/h7,10,15,21H,2-6,8-9H2,1H3,(H,16,17,19). The largest absolute Gasteiger partial charge is 0.383 e. The van der Waals surface area contributed by atoms with E-state index in [0.717, 1.165) is 6.42 Å². The summed E-state index contributed by atoms with van der Waals surface area (Å²) in [6.45, 7) is 2.01. The van der Waals surface area contributed by atoms with Crippen LogP contribution >= 0.6 is 0 Å². The first kappa shape index (κ1) is 16.6. The average Bonchev–Trinajstić information content (AvgIpc) is 2.49. The molecule has 8 heteroatoms. The number of amides is 1. The molecular formula is C14H22N4O4. The highest BCUT2D eigenvalue weighted by Gasteiger charge is 2.41. The Morgan fingerprint density at radius 2 is 2.36 bits per heavy atom.